The van der Waals surface area contributed by atoms with Crippen molar-refractivity contribution in [1.29, 1.82) is 0 Å². The highest BCUT2D eigenvalue weighted by Gasteiger charge is 2.30. The Balaban J connectivity index is 3.84. The lowest BCUT2D eigenvalue weighted by molar-refractivity contribution is 0.331. The SMILES string of the molecule is CCCC[Si](Cl)(CCCC)OCC. The van der Waals surface area contributed by atoms with Crippen molar-refractivity contribution in [3.05, 3.63) is 0 Å². The molecule has 0 heterocycles. The second-order valence-electron chi connectivity index (χ2n) is 3.52. The van der Waals surface area contributed by atoms with Gasteiger partial charge in [0, 0.05) is 6.61 Å². The van der Waals surface area contributed by atoms with E-state index >= 15 is 0 Å². The minimum atomic E-state index is -1.82. The summed E-state index contributed by atoms with van der Waals surface area (Å²) in [6, 6.07) is 2.25. The van der Waals surface area contributed by atoms with E-state index in [0.29, 0.717) is 0 Å². The zero-order valence-electron chi connectivity index (χ0n) is 9.24. The monoisotopic (exact) mass is 222 g/mol. The summed E-state index contributed by atoms with van der Waals surface area (Å²) in [6.07, 6.45) is 4.89. The van der Waals surface area contributed by atoms with Crippen molar-refractivity contribution in [1.82, 2.24) is 0 Å². The summed E-state index contributed by atoms with van der Waals surface area (Å²) in [4.78, 5) is 0. The second-order valence-corrected chi connectivity index (χ2v) is 8.64. The highest BCUT2D eigenvalue weighted by Crippen LogP contribution is 2.26. The number of unbranched alkanes of at least 4 members (excludes halogenated alkanes) is 2. The van der Waals surface area contributed by atoms with Crippen molar-refractivity contribution in [2.24, 2.45) is 0 Å². The molecular formula is C10H23ClOSi. The summed E-state index contributed by atoms with van der Waals surface area (Å²) in [5, 5.41) is 0. The highest BCUT2D eigenvalue weighted by atomic mass is 35.6. The second kappa shape index (κ2) is 7.83. The van der Waals surface area contributed by atoms with Gasteiger partial charge in [-0.05, 0) is 19.0 Å². The Labute approximate surface area is 88.7 Å². The van der Waals surface area contributed by atoms with Crippen molar-refractivity contribution in [3.63, 3.8) is 0 Å². The van der Waals surface area contributed by atoms with Gasteiger partial charge >= 0.3 is 0 Å². The molecule has 0 aliphatic rings. The van der Waals surface area contributed by atoms with Crippen LogP contribution >= 0.6 is 11.1 Å². The molecule has 0 N–H and O–H groups in total. The topological polar surface area (TPSA) is 9.23 Å². The van der Waals surface area contributed by atoms with Gasteiger partial charge in [0.25, 0.3) is 7.63 Å². The van der Waals surface area contributed by atoms with E-state index in [2.05, 4.69) is 13.8 Å². The minimum absolute atomic E-state index is 0.781. The number of hydrogen-bond acceptors (Lipinski definition) is 1. The first kappa shape index (κ1) is 13.5. The molecule has 0 aliphatic heterocycles. The first-order chi connectivity index (χ1) is 6.18. The highest BCUT2D eigenvalue weighted by molar-refractivity contribution is 7.16. The first-order valence-electron chi connectivity index (χ1n) is 5.51. The fourth-order valence-electron chi connectivity index (χ4n) is 1.41. The van der Waals surface area contributed by atoms with E-state index in [1.165, 1.54) is 25.7 Å². The van der Waals surface area contributed by atoms with Crippen LogP contribution in [0.1, 0.15) is 46.5 Å². The Bertz CT molecular complexity index is 111. The Morgan fingerprint density at radius 3 is 1.77 bits per heavy atom. The van der Waals surface area contributed by atoms with Crippen LogP contribution < -0.4 is 0 Å². The van der Waals surface area contributed by atoms with Gasteiger partial charge in [-0.1, -0.05) is 39.5 Å². The van der Waals surface area contributed by atoms with Crippen molar-refractivity contribution < 1.29 is 4.43 Å². The van der Waals surface area contributed by atoms with Crippen LogP contribution in [0.2, 0.25) is 12.1 Å². The molecular weight excluding hydrogens is 200 g/mol. The Morgan fingerprint density at radius 2 is 1.46 bits per heavy atom. The van der Waals surface area contributed by atoms with Crippen LogP contribution in [-0.4, -0.2) is 14.2 Å². The smallest absolute Gasteiger partial charge is 0.290 e. The molecule has 0 aromatic carbocycles. The van der Waals surface area contributed by atoms with Crippen LogP contribution in [-0.2, 0) is 4.43 Å². The summed E-state index contributed by atoms with van der Waals surface area (Å²) in [7, 11) is -1.82. The third-order valence-electron chi connectivity index (χ3n) is 2.21. The maximum atomic E-state index is 6.51. The minimum Gasteiger partial charge on any atom is -0.403 e. The predicted molar refractivity (Wildman–Crippen MR) is 62.7 cm³/mol. The molecule has 0 spiro atoms. The molecule has 0 amide bonds. The van der Waals surface area contributed by atoms with E-state index in [9.17, 15) is 0 Å². The fraction of sp³-hybridized carbons (Fsp3) is 1.00. The number of halogens is 1. The van der Waals surface area contributed by atoms with E-state index in [4.69, 9.17) is 15.5 Å². The maximum absolute atomic E-state index is 6.51. The third kappa shape index (κ3) is 6.53. The van der Waals surface area contributed by atoms with Gasteiger partial charge in [-0.15, -0.1) is 11.1 Å². The molecule has 0 fully saturated rings. The molecule has 0 bridgehead atoms. The van der Waals surface area contributed by atoms with Crippen LogP contribution in [0.15, 0.2) is 0 Å². The molecule has 0 unspecified atom stereocenters. The van der Waals surface area contributed by atoms with Crippen molar-refractivity contribution in [2.45, 2.75) is 58.5 Å². The molecule has 0 saturated carbocycles. The maximum Gasteiger partial charge on any atom is 0.290 e. The summed E-state index contributed by atoms with van der Waals surface area (Å²) in [6.45, 7) is 7.24. The lowest BCUT2D eigenvalue weighted by Gasteiger charge is -2.23. The Morgan fingerprint density at radius 1 is 1.00 bits per heavy atom. The van der Waals surface area contributed by atoms with Crippen LogP contribution in [0, 0.1) is 0 Å². The third-order valence-corrected chi connectivity index (χ3v) is 6.68. The van der Waals surface area contributed by atoms with Crippen molar-refractivity contribution >= 4 is 18.7 Å². The number of hydrogen-bond donors (Lipinski definition) is 0. The first-order valence-corrected chi connectivity index (χ1v) is 8.84. The van der Waals surface area contributed by atoms with E-state index in [-0.39, 0.29) is 0 Å². The summed E-state index contributed by atoms with van der Waals surface area (Å²) < 4.78 is 5.74. The molecule has 80 valence electrons. The van der Waals surface area contributed by atoms with Crippen molar-refractivity contribution in [3.8, 4) is 0 Å². The molecule has 0 saturated heterocycles. The molecule has 0 rings (SSSR count). The number of rotatable bonds is 8. The largest absolute Gasteiger partial charge is 0.403 e. The molecule has 0 aromatic heterocycles. The van der Waals surface area contributed by atoms with Gasteiger partial charge < -0.3 is 4.43 Å². The van der Waals surface area contributed by atoms with Gasteiger partial charge in [0.1, 0.15) is 0 Å². The van der Waals surface area contributed by atoms with Gasteiger partial charge in [0.2, 0.25) is 0 Å². The molecule has 0 aliphatic carbocycles. The van der Waals surface area contributed by atoms with E-state index in [1.54, 1.807) is 0 Å². The quantitative estimate of drug-likeness (QED) is 0.440. The van der Waals surface area contributed by atoms with Crippen molar-refractivity contribution in [2.75, 3.05) is 6.61 Å². The average Bonchev–Trinajstić information content (AvgIpc) is 2.12. The van der Waals surface area contributed by atoms with E-state index in [1.807, 2.05) is 6.92 Å². The molecule has 0 aromatic rings. The summed E-state index contributed by atoms with van der Waals surface area (Å²) in [5.74, 6) is 0. The molecule has 13 heavy (non-hydrogen) atoms. The normalized spacial score (nSPS) is 12.0. The van der Waals surface area contributed by atoms with Crippen LogP contribution in [0.3, 0.4) is 0 Å². The van der Waals surface area contributed by atoms with Crippen LogP contribution in [0.25, 0.3) is 0 Å². The summed E-state index contributed by atoms with van der Waals surface area (Å²) in [5.41, 5.74) is 0. The van der Waals surface area contributed by atoms with Crippen LogP contribution in [0.5, 0.6) is 0 Å². The summed E-state index contributed by atoms with van der Waals surface area (Å²) >= 11 is 6.51. The lowest BCUT2D eigenvalue weighted by atomic mass is 10.4. The zero-order valence-corrected chi connectivity index (χ0v) is 11.0. The predicted octanol–water partition coefficient (Wildman–Crippen LogP) is 4.30. The van der Waals surface area contributed by atoms with Gasteiger partial charge in [-0.2, -0.15) is 0 Å². The van der Waals surface area contributed by atoms with Crippen LogP contribution in [0.4, 0.5) is 0 Å². The molecule has 3 heteroatoms. The van der Waals surface area contributed by atoms with E-state index < -0.39 is 7.63 Å². The molecule has 0 atom stereocenters. The zero-order chi connectivity index (χ0) is 10.2. The van der Waals surface area contributed by atoms with Gasteiger partial charge in [0.15, 0.2) is 0 Å². The molecule has 1 nitrogen and oxygen atoms in total. The standard InChI is InChI=1S/C10H23ClOSi/c1-4-7-9-13(11,12-6-3)10-8-5-2/h4-10H2,1-3H3. The Hall–Kier alpha value is 0.467. The van der Waals surface area contributed by atoms with Gasteiger partial charge in [0.05, 0.1) is 0 Å². The average molecular weight is 223 g/mol. The van der Waals surface area contributed by atoms with E-state index in [0.717, 1.165) is 18.7 Å². The van der Waals surface area contributed by atoms with Gasteiger partial charge in [-0.3, -0.25) is 0 Å². The lowest BCUT2D eigenvalue weighted by Crippen LogP contribution is -2.31. The fourth-order valence-corrected chi connectivity index (χ4v) is 5.36. The molecule has 0 radical (unpaired) electrons. The Kier molecular flexibility index (Phi) is 8.11. The van der Waals surface area contributed by atoms with Gasteiger partial charge in [-0.25, -0.2) is 0 Å².